The summed E-state index contributed by atoms with van der Waals surface area (Å²) in [5.41, 5.74) is 8.38. The van der Waals surface area contributed by atoms with Gasteiger partial charge < -0.3 is 11.1 Å². The molecule has 7 heteroatoms. The lowest BCUT2D eigenvalue weighted by Gasteiger charge is -2.04. The van der Waals surface area contributed by atoms with Gasteiger partial charge in [0.15, 0.2) is 5.82 Å². The lowest BCUT2D eigenvalue weighted by molar-refractivity contribution is 0.101. The zero-order valence-electron chi connectivity index (χ0n) is 11.3. The fourth-order valence-electron chi connectivity index (χ4n) is 1.77. The van der Waals surface area contributed by atoms with Crippen LogP contribution in [0, 0.1) is 6.92 Å². The lowest BCUT2D eigenvalue weighted by Crippen LogP contribution is -2.18. The van der Waals surface area contributed by atoms with Crippen molar-refractivity contribution in [1.29, 1.82) is 0 Å². The summed E-state index contributed by atoms with van der Waals surface area (Å²) >= 11 is 0. The van der Waals surface area contributed by atoms with Crippen LogP contribution in [-0.2, 0) is 13.0 Å². The van der Waals surface area contributed by atoms with E-state index in [1.165, 1.54) is 0 Å². The number of hydrogen-bond donors (Lipinski definition) is 3. The van der Waals surface area contributed by atoms with E-state index in [0.29, 0.717) is 23.7 Å². The molecule has 2 rings (SSSR count). The number of nitrogens with one attached hydrogen (secondary N) is 2. The largest absolute Gasteiger partial charge is 0.394 e. The Kier molecular flexibility index (Phi) is 3.55. The summed E-state index contributed by atoms with van der Waals surface area (Å²) in [5, 5.41) is 13.7. The van der Waals surface area contributed by atoms with Gasteiger partial charge in [-0.15, -0.1) is 0 Å². The maximum Gasteiger partial charge on any atom is 0.275 e. The molecule has 102 valence electrons. The van der Waals surface area contributed by atoms with Crippen molar-refractivity contribution in [2.24, 2.45) is 0 Å². The molecule has 19 heavy (non-hydrogen) atoms. The van der Waals surface area contributed by atoms with Crippen LogP contribution in [-0.4, -0.2) is 25.9 Å². The molecule has 0 fully saturated rings. The van der Waals surface area contributed by atoms with E-state index in [1.54, 1.807) is 17.7 Å². The van der Waals surface area contributed by atoms with Gasteiger partial charge in [-0.25, -0.2) is 0 Å². The average molecular weight is 262 g/mol. The third-order valence-electron chi connectivity index (χ3n) is 2.95. The van der Waals surface area contributed by atoms with Crippen LogP contribution in [0.15, 0.2) is 6.07 Å². The Hall–Kier alpha value is -2.31. The number of carbonyl (C=O) groups is 1. The van der Waals surface area contributed by atoms with Gasteiger partial charge in [-0.1, -0.05) is 6.92 Å². The predicted octanol–water partition coefficient (Wildman–Crippen LogP) is 1.33. The van der Waals surface area contributed by atoms with Crippen LogP contribution < -0.4 is 11.1 Å². The molecule has 0 aliphatic carbocycles. The quantitative estimate of drug-likeness (QED) is 0.773. The van der Waals surface area contributed by atoms with Gasteiger partial charge in [0.05, 0.1) is 17.1 Å². The smallest absolute Gasteiger partial charge is 0.275 e. The highest BCUT2D eigenvalue weighted by Crippen LogP contribution is 2.19. The zero-order valence-corrected chi connectivity index (χ0v) is 11.3. The predicted molar refractivity (Wildman–Crippen MR) is 73.0 cm³/mol. The number of aromatic nitrogens is 4. The van der Waals surface area contributed by atoms with Crippen molar-refractivity contribution in [3.05, 3.63) is 23.1 Å². The normalized spacial score (nSPS) is 10.7. The summed E-state index contributed by atoms with van der Waals surface area (Å²) in [7, 11) is 0. The van der Waals surface area contributed by atoms with E-state index in [2.05, 4.69) is 20.6 Å². The van der Waals surface area contributed by atoms with Crippen LogP contribution >= 0.6 is 0 Å². The second-order valence-electron chi connectivity index (χ2n) is 4.26. The van der Waals surface area contributed by atoms with Gasteiger partial charge in [-0.3, -0.25) is 14.6 Å². The monoisotopic (exact) mass is 262 g/mol. The molecule has 0 aliphatic rings. The number of hydrogen-bond acceptors (Lipinski definition) is 4. The highest BCUT2D eigenvalue weighted by Gasteiger charge is 2.16. The molecule has 7 nitrogen and oxygen atoms in total. The van der Waals surface area contributed by atoms with Gasteiger partial charge >= 0.3 is 0 Å². The number of amides is 1. The number of rotatable bonds is 4. The summed E-state index contributed by atoms with van der Waals surface area (Å²) in [6.45, 7) is 6.37. The van der Waals surface area contributed by atoms with E-state index in [9.17, 15) is 4.79 Å². The van der Waals surface area contributed by atoms with Crippen molar-refractivity contribution in [1.82, 2.24) is 20.0 Å². The first kappa shape index (κ1) is 13.1. The number of anilines is 2. The molecule has 0 bridgehead atoms. The van der Waals surface area contributed by atoms with Gasteiger partial charge in [-0.2, -0.15) is 10.2 Å². The Labute approximate surface area is 111 Å². The number of nitrogens with zero attached hydrogens (tertiary/aromatic N) is 3. The van der Waals surface area contributed by atoms with Crippen molar-refractivity contribution in [2.75, 3.05) is 11.1 Å². The standard InChI is InChI=1S/C12H18N6O/c1-4-8-6-9(18(5-2)17-8)12(19)14-11-10(13)7(3)15-16-11/h6H,4-5,13H2,1-3H3,(H2,14,15,16,19). The van der Waals surface area contributed by atoms with E-state index in [4.69, 9.17) is 5.73 Å². The summed E-state index contributed by atoms with van der Waals surface area (Å²) < 4.78 is 1.67. The van der Waals surface area contributed by atoms with Gasteiger partial charge in [-0.05, 0) is 26.3 Å². The van der Waals surface area contributed by atoms with Gasteiger partial charge in [0.25, 0.3) is 5.91 Å². The molecule has 0 saturated heterocycles. The molecule has 2 aromatic rings. The number of aromatic amines is 1. The number of nitrogens with two attached hydrogens (primary N) is 1. The molecule has 0 saturated carbocycles. The van der Waals surface area contributed by atoms with E-state index in [-0.39, 0.29) is 5.91 Å². The molecule has 2 aromatic heterocycles. The topological polar surface area (TPSA) is 102 Å². The highest BCUT2D eigenvalue weighted by molar-refractivity contribution is 6.04. The number of H-pyrrole nitrogens is 1. The van der Waals surface area contributed by atoms with Crippen molar-refractivity contribution >= 4 is 17.4 Å². The van der Waals surface area contributed by atoms with Gasteiger partial charge in [0.2, 0.25) is 0 Å². The summed E-state index contributed by atoms with van der Waals surface area (Å²) in [4.78, 5) is 12.2. The zero-order chi connectivity index (χ0) is 14.0. The second kappa shape index (κ2) is 5.13. The molecule has 2 heterocycles. The summed E-state index contributed by atoms with van der Waals surface area (Å²) in [5.74, 6) is 0.0941. The molecular weight excluding hydrogens is 244 g/mol. The van der Waals surface area contributed by atoms with E-state index in [1.807, 2.05) is 13.8 Å². The van der Waals surface area contributed by atoms with Gasteiger partial charge in [0.1, 0.15) is 5.69 Å². The molecule has 4 N–H and O–H groups in total. The first-order valence-corrected chi connectivity index (χ1v) is 6.25. The molecule has 0 atom stereocenters. The minimum atomic E-state index is -0.257. The van der Waals surface area contributed by atoms with E-state index < -0.39 is 0 Å². The van der Waals surface area contributed by atoms with Crippen molar-refractivity contribution in [2.45, 2.75) is 33.7 Å². The van der Waals surface area contributed by atoms with Crippen molar-refractivity contribution < 1.29 is 4.79 Å². The molecule has 1 amide bonds. The Balaban J connectivity index is 2.24. The van der Waals surface area contributed by atoms with Crippen LogP contribution in [0.1, 0.15) is 35.7 Å². The van der Waals surface area contributed by atoms with Crippen LogP contribution in [0.25, 0.3) is 0 Å². The van der Waals surface area contributed by atoms with Crippen LogP contribution in [0.4, 0.5) is 11.5 Å². The summed E-state index contributed by atoms with van der Waals surface area (Å²) in [6.07, 6.45) is 0.789. The van der Waals surface area contributed by atoms with E-state index >= 15 is 0 Å². The Morgan fingerprint density at radius 3 is 2.79 bits per heavy atom. The fraction of sp³-hybridized carbons (Fsp3) is 0.417. The highest BCUT2D eigenvalue weighted by atomic mass is 16.2. The molecule has 0 radical (unpaired) electrons. The molecule has 0 unspecified atom stereocenters. The third kappa shape index (κ3) is 2.44. The number of carbonyl (C=O) groups excluding carboxylic acids is 1. The lowest BCUT2D eigenvalue weighted by atomic mass is 10.3. The second-order valence-corrected chi connectivity index (χ2v) is 4.26. The molecular formula is C12H18N6O. The maximum atomic E-state index is 12.2. The minimum absolute atomic E-state index is 0.257. The minimum Gasteiger partial charge on any atom is -0.394 e. The molecule has 0 aromatic carbocycles. The summed E-state index contributed by atoms with van der Waals surface area (Å²) in [6, 6.07) is 1.79. The van der Waals surface area contributed by atoms with Crippen molar-refractivity contribution in [3.8, 4) is 0 Å². The molecule has 0 spiro atoms. The van der Waals surface area contributed by atoms with Crippen LogP contribution in [0.3, 0.4) is 0 Å². The average Bonchev–Trinajstić information content (AvgIpc) is 2.97. The Morgan fingerprint density at radius 1 is 1.53 bits per heavy atom. The van der Waals surface area contributed by atoms with Crippen LogP contribution in [0.2, 0.25) is 0 Å². The van der Waals surface area contributed by atoms with Gasteiger partial charge in [0, 0.05) is 6.54 Å². The fourth-order valence-corrected chi connectivity index (χ4v) is 1.77. The Bertz CT molecular complexity index is 597. The number of aryl methyl sites for hydroxylation is 3. The first-order chi connectivity index (χ1) is 9.06. The van der Waals surface area contributed by atoms with Crippen LogP contribution in [0.5, 0.6) is 0 Å². The van der Waals surface area contributed by atoms with Crippen molar-refractivity contribution in [3.63, 3.8) is 0 Å². The first-order valence-electron chi connectivity index (χ1n) is 6.25. The van der Waals surface area contributed by atoms with E-state index in [0.717, 1.165) is 17.8 Å². The Morgan fingerprint density at radius 2 is 2.26 bits per heavy atom. The third-order valence-corrected chi connectivity index (χ3v) is 2.95. The molecule has 0 aliphatic heterocycles. The SMILES string of the molecule is CCc1cc(C(=O)Nc2n[nH]c(C)c2N)n(CC)n1. The maximum absolute atomic E-state index is 12.2. The number of nitrogen functional groups attached to an aromatic ring is 1.